The van der Waals surface area contributed by atoms with Gasteiger partial charge in [-0.2, -0.15) is 0 Å². The zero-order chi connectivity index (χ0) is 14.4. The quantitative estimate of drug-likeness (QED) is 0.678. The van der Waals surface area contributed by atoms with Crippen molar-refractivity contribution >= 4 is 17.2 Å². The summed E-state index contributed by atoms with van der Waals surface area (Å²) in [6, 6.07) is 10.4. The molecule has 0 saturated carbocycles. The molecule has 0 spiro atoms. The molecule has 4 rings (SSSR count). The highest BCUT2D eigenvalue weighted by Gasteiger charge is 2.42. The van der Waals surface area contributed by atoms with Gasteiger partial charge in [0.1, 0.15) is 0 Å². The predicted molar refractivity (Wildman–Crippen MR) is 90.6 cm³/mol. The minimum Gasteiger partial charge on any atom is -0.363 e. The van der Waals surface area contributed by atoms with Gasteiger partial charge < -0.3 is 4.90 Å². The highest BCUT2D eigenvalue weighted by molar-refractivity contribution is 7.80. The number of likely N-dealkylation sites (tertiary alicyclic amines) is 1. The molecule has 0 amide bonds. The third kappa shape index (κ3) is 2.31. The Labute approximate surface area is 133 Å². The van der Waals surface area contributed by atoms with Crippen molar-refractivity contribution in [3.63, 3.8) is 0 Å². The largest absolute Gasteiger partial charge is 0.363 e. The molecule has 3 aliphatic heterocycles. The van der Waals surface area contributed by atoms with Crippen molar-refractivity contribution in [1.82, 2.24) is 9.80 Å². The molecule has 21 heavy (non-hydrogen) atoms. The number of benzene rings is 1. The minimum atomic E-state index is 0.617. The van der Waals surface area contributed by atoms with Crippen LogP contribution < -0.4 is 0 Å². The molecule has 2 nitrogen and oxygen atoms in total. The van der Waals surface area contributed by atoms with Gasteiger partial charge >= 0.3 is 0 Å². The second-order valence-electron chi connectivity index (χ2n) is 6.88. The number of nitrogens with zero attached hydrogens (tertiary/aromatic N) is 2. The number of hydrogen-bond acceptors (Lipinski definition) is 2. The van der Waals surface area contributed by atoms with Gasteiger partial charge in [0.15, 0.2) is 0 Å². The van der Waals surface area contributed by atoms with Gasteiger partial charge in [-0.1, -0.05) is 36.5 Å². The third-order valence-electron chi connectivity index (χ3n) is 5.78. The fraction of sp³-hybridized carbons (Fsp3) is 0.611. The highest BCUT2D eigenvalue weighted by atomic mass is 32.1. The maximum atomic E-state index is 5.52. The molecular formula is C18H24N2S. The molecule has 3 aliphatic rings. The monoisotopic (exact) mass is 300 g/mol. The fourth-order valence-corrected chi connectivity index (χ4v) is 5.01. The average Bonchev–Trinajstić information content (AvgIpc) is 2.52. The Kier molecular flexibility index (Phi) is 3.50. The van der Waals surface area contributed by atoms with Crippen LogP contribution in [0.3, 0.4) is 0 Å². The molecule has 2 saturated heterocycles. The highest BCUT2D eigenvalue weighted by Crippen LogP contribution is 2.42. The number of hydrogen-bond donors (Lipinski definition) is 0. The van der Waals surface area contributed by atoms with E-state index < -0.39 is 0 Å². The topological polar surface area (TPSA) is 6.48 Å². The Morgan fingerprint density at radius 2 is 2.10 bits per heavy atom. The van der Waals surface area contributed by atoms with E-state index in [1.807, 2.05) is 0 Å². The molecule has 0 radical (unpaired) electrons. The van der Waals surface area contributed by atoms with Crippen LogP contribution >= 0.6 is 12.2 Å². The van der Waals surface area contributed by atoms with E-state index in [1.165, 1.54) is 45.3 Å². The van der Waals surface area contributed by atoms with E-state index in [-0.39, 0.29) is 0 Å². The van der Waals surface area contributed by atoms with E-state index in [0.29, 0.717) is 12.1 Å². The normalized spacial score (nSPS) is 32.0. The summed E-state index contributed by atoms with van der Waals surface area (Å²) in [5.74, 6) is 0.818. The van der Waals surface area contributed by atoms with Gasteiger partial charge in [-0.3, -0.25) is 4.90 Å². The molecule has 1 aromatic carbocycles. The molecule has 3 unspecified atom stereocenters. The lowest BCUT2D eigenvalue weighted by Crippen LogP contribution is -2.56. The Hall–Kier alpha value is -0.930. The molecule has 3 heteroatoms. The summed E-state index contributed by atoms with van der Waals surface area (Å²) in [7, 11) is 0. The molecule has 3 atom stereocenters. The molecule has 3 heterocycles. The lowest BCUT2D eigenvalue weighted by molar-refractivity contribution is 0.0176. The lowest BCUT2D eigenvalue weighted by Gasteiger charge is -2.52. The van der Waals surface area contributed by atoms with Crippen molar-refractivity contribution in [2.45, 2.75) is 44.7 Å². The minimum absolute atomic E-state index is 0.617. The zero-order valence-corrected chi connectivity index (χ0v) is 13.6. The maximum absolute atomic E-state index is 5.52. The summed E-state index contributed by atoms with van der Waals surface area (Å²) in [4.78, 5) is 6.37. The number of fused-ring (bicyclic) bond motifs is 4. The summed E-state index contributed by atoms with van der Waals surface area (Å²) in [6.07, 6.45) is 5.18. The number of rotatable bonds is 0. The van der Waals surface area contributed by atoms with Gasteiger partial charge in [0.25, 0.3) is 0 Å². The SMILES string of the molecule is CC(=S)N1CCCC2CN3CCc4ccccc4C3CC21. The van der Waals surface area contributed by atoms with E-state index in [4.69, 9.17) is 12.2 Å². The molecule has 0 aromatic heterocycles. The average molecular weight is 300 g/mol. The Bertz CT molecular complexity index is 556. The van der Waals surface area contributed by atoms with Crippen molar-refractivity contribution < 1.29 is 0 Å². The van der Waals surface area contributed by atoms with E-state index in [9.17, 15) is 0 Å². The van der Waals surface area contributed by atoms with Crippen molar-refractivity contribution in [1.29, 1.82) is 0 Å². The first-order valence-corrected chi connectivity index (χ1v) is 8.74. The smallest absolute Gasteiger partial charge is 0.0750 e. The van der Waals surface area contributed by atoms with Gasteiger partial charge in [-0.25, -0.2) is 0 Å². The standard InChI is InChI=1S/C18H24N2S/c1-13(21)20-9-4-6-15-12-19-10-8-14-5-2-3-7-16(14)18(19)11-17(15)20/h2-3,5,7,15,17-18H,4,6,8-12H2,1H3. The van der Waals surface area contributed by atoms with Gasteiger partial charge in [-0.05, 0) is 49.7 Å². The molecule has 1 aromatic rings. The Balaban J connectivity index is 1.65. The summed E-state index contributed by atoms with van der Waals surface area (Å²) in [5.41, 5.74) is 3.15. The van der Waals surface area contributed by atoms with Gasteiger partial charge in [-0.15, -0.1) is 0 Å². The van der Waals surface area contributed by atoms with Crippen LogP contribution in [0.25, 0.3) is 0 Å². The Morgan fingerprint density at radius 1 is 1.24 bits per heavy atom. The van der Waals surface area contributed by atoms with Crippen LogP contribution in [0.4, 0.5) is 0 Å². The molecule has 0 N–H and O–H groups in total. The summed E-state index contributed by atoms with van der Waals surface area (Å²) < 4.78 is 0. The van der Waals surface area contributed by atoms with Crippen LogP contribution in [-0.4, -0.2) is 40.5 Å². The van der Waals surface area contributed by atoms with Crippen LogP contribution in [0.15, 0.2) is 24.3 Å². The van der Waals surface area contributed by atoms with Gasteiger partial charge in [0, 0.05) is 31.7 Å². The van der Waals surface area contributed by atoms with Crippen molar-refractivity contribution in [2.75, 3.05) is 19.6 Å². The van der Waals surface area contributed by atoms with Crippen molar-refractivity contribution in [2.24, 2.45) is 5.92 Å². The van der Waals surface area contributed by atoms with Crippen LogP contribution in [0, 0.1) is 5.92 Å². The van der Waals surface area contributed by atoms with Gasteiger partial charge in [0.2, 0.25) is 0 Å². The first-order valence-electron chi connectivity index (χ1n) is 8.33. The molecule has 0 aliphatic carbocycles. The van der Waals surface area contributed by atoms with Crippen LogP contribution in [0.1, 0.15) is 43.4 Å². The summed E-state index contributed by atoms with van der Waals surface area (Å²) in [6.45, 7) is 5.79. The van der Waals surface area contributed by atoms with E-state index in [2.05, 4.69) is 41.0 Å². The van der Waals surface area contributed by atoms with E-state index >= 15 is 0 Å². The molecule has 112 valence electrons. The van der Waals surface area contributed by atoms with Gasteiger partial charge in [0.05, 0.1) is 4.99 Å². The zero-order valence-electron chi connectivity index (χ0n) is 12.8. The van der Waals surface area contributed by atoms with Crippen LogP contribution in [0.2, 0.25) is 0 Å². The number of thiocarbonyl (C=S) groups is 1. The van der Waals surface area contributed by atoms with E-state index in [0.717, 1.165) is 10.9 Å². The lowest BCUT2D eigenvalue weighted by atomic mass is 9.76. The number of piperidine rings is 2. The first kappa shape index (κ1) is 13.7. The van der Waals surface area contributed by atoms with E-state index in [1.54, 1.807) is 11.1 Å². The summed E-state index contributed by atoms with van der Waals surface area (Å²) in [5, 5.41) is 0. The Morgan fingerprint density at radius 3 is 2.95 bits per heavy atom. The van der Waals surface area contributed by atoms with Crippen LogP contribution in [-0.2, 0) is 6.42 Å². The molecule has 2 fully saturated rings. The molecule has 0 bridgehead atoms. The maximum Gasteiger partial charge on any atom is 0.0750 e. The van der Waals surface area contributed by atoms with Crippen molar-refractivity contribution in [3.8, 4) is 0 Å². The second-order valence-corrected chi connectivity index (χ2v) is 7.47. The summed E-state index contributed by atoms with van der Waals surface area (Å²) >= 11 is 5.52. The molecular weight excluding hydrogens is 276 g/mol. The van der Waals surface area contributed by atoms with Crippen molar-refractivity contribution in [3.05, 3.63) is 35.4 Å². The second kappa shape index (κ2) is 5.36. The predicted octanol–water partition coefficient (Wildman–Crippen LogP) is 3.42. The van der Waals surface area contributed by atoms with Crippen LogP contribution in [0.5, 0.6) is 0 Å². The first-order chi connectivity index (χ1) is 10.2. The third-order valence-corrected chi connectivity index (χ3v) is 6.01. The fourth-order valence-electron chi connectivity index (χ4n) is 4.79.